The summed E-state index contributed by atoms with van der Waals surface area (Å²) in [6.07, 6.45) is 3.96. The molecule has 1 N–H and O–H groups in total. The van der Waals surface area contributed by atoms with E-state index in [4.69, 9.17) is 4.74 Å². The lowest BCUT2D eigenvalue weighted by Crippen LogP contribution is -2.12. The monoisotopic (exact) mass is 207 g/mol. The number of ether oxygens (including phenoxy) is 1. The first-order chi connectivity index (χ1) is 7.25. The number of aromatic nitrogens is 2. The van der Waals surface area contributed by atoms with Crippen molar-refractivity contribution in [2.24, 2.45) is 0 Å². The van der Waals surface area contributed by atoms with Crippen LogP contribution in [-0.4, -0.2) is 22.6 Å². The van der Waals surface area contributed by atoms with Gasteiger partial charge in [0, 0.05) is 18.7 Å². The van der Waals surface area contributed by atoms with Crippen molar-refractivity contribution in [3.05, 3.63) is 18.1 Å². The fourth-order valence-corrected chi connectivity index (χ4v) is 1.73. The smallest absolute Gasteiger partial charge is 0.129 e. The van der Waals surface area contributed by atoms with E-state index in [9.17, 15) is 0 Å². The number of nitrogens with one attached hydrogen (secondary N) is 1. The van der Waals surface area contributed by atoms with Gasteiger partial charge in [-0.3, -0.25) is 0 Å². The van der Waals surface area contributed by atoms with Crippen molar-refractivity contribution >= 4 is 5.82 Å². The zero-order valence-corrected chi connectivity index (χ0v) is 9.23. The molecule has 1 aromatic rings. The molecule has 1 atom stereocenters. The summed E-state index contributed by atoms with van der Waals surface area (Å²) in [4.78, 5) is 8.43. The van der Waals surface area contributed by atoms with Gasteiger partial charge in [0.2, 0.25) is 0 Å². The zero-order chi connectivity index (χ0) is 10.7. The van der Waals surface area contributed by atoms with E-state index >= 15 is 0 Å². The van der Waals surface area contributed by atoms with Gasteiger partial charge in [0.15, 0.2) is 0 Å². The van der Waals surface area contributed by atoms with Crippen molar-refractivity contribution in [1.29, 1.82) is 0 Å². The molecule has 0 amide bonds. The molecule has 0 spiro atoms. The van der Waals surface area contributed by atoms with Crippen molar-refractivity contribution in [3.8, 4) is 0 Å². The maximum atomic E-state index is 5.58. The van der Waals surface area contributed by atoms with Crippen LogP contribution in [0.25, 0.3) is 0 Å². The molecule has 0 saturated carbocycles. The predicted molar refractivity (Wildman–Crippen MR) is 58.7 cm³/mol. The van der Waals surface area contributed by atoms with E-state index < -0.39 is 0 Å². The molecule has 1 aromatic heterocycles. The van der Waals surface area contributed by atoms with Crippen LogP contribution in [0, 0.1) is 0 Å². The summed E-state index contributed by atoms with van der Waals surface area (Å²) in [5.74, 6) is 0.880. The molecule has 0 aliphatic carbocycles. The summed E-state index contributed by atoms with van der Waals surface area (Å²) in [6.45, 7) is 5.03. The number of anilines is 1. The Morgan fingerprint density at radius 2 is 2.33 bits per heavy atom. The molecule has 0 radical (unpaired) electrons. The van der Waals surface area contributed by atoms with E-state index in [1.54, 1.807) is 6.33 Å². The van der Waals surface area contributed by atoms with Crippen LogP contribution in [0.5, 0.6) is 0 Å². The summed E-state index contributed by atoms with van der Waals surface area (Å²) in [5.41, 5.74) is 0.991. The quantitative estimate of drug-likeness (QED) is 0.825. The topological polar surface area (TPSA) is 47.0 Å². The Morgan fingerprint density at radius 3 is 3.00 bits per heavy atom. The first-order valence-electron chi connectivity index (χ1n) is 5.46. The maximum Gasteiger partial charge on any atom is 0.129 e. The first kappa shape index (κ1) is 10.4. The highest BCUT2D eigenvalue weighted by Gasteiger charge is 2.19. The lowest BCUT2D eigenvalue weighted by molar-refractivity contribution is 0.108. The van der Waals surface area contributed by atoms with Crippen LogP contribution in [0.4, 0.5) is 5.82 Å². The molecule has 2 rings (SSSR count). The highest BCUT2D eigenvalue weighted by Crippen LogP contribution is 2.27. The van der Waals surface area contributed by atoms with Gasteiger partial charge in [0.25, 0.3) is 0 Å². The van der Waals surface area contributed by atoms with E-state index in [-0.39, 0.29) is 6.10 Å². The third-order valence-corrected chi connectivity index (χ3v) is 2.38. The summed E-state index contributed by atoms with van der Waals surface area (Å²) < 4.78 is 5.58. The third kappa shape index (κ3) is 2.65. The summed E-state index contributed by atoms with van der Waals surface area (Å²) in [5, 5.41) is 3.26. The summed E-state index contributed by atoms with van der Waals surface area (Å²) in [7, 11) is 0. The molecular weight excluding hydrogens is 190 g/mol. The van der Waals surface area contributed by atoms with E-state index in [0.29, 0.717) is 6.04 Å². The minimum Gasteiger partial charge on any atom is -0.372 e. The normalized spacial score (nSPS) is 20.9. The number of rotatable bonds is 3. The standard InChI is InChI=1S/C11H17N3O/c1-8(2)14-11-6-9(12-7-13-11)10-4-3-5-15-10/h6-8,10H,3-5H2,1-2H3,(H,12,13,14). The van der Waals surface area contributed by atoms with Gasteiger partial charge >= 0.3 is 0 Å². The van der Waals surface area contributed by atoms with Crippen LogP contribution >= 0.6 is 0 Å². The van der Waals surface area contributed by atoms with Crippen molar-refractivity contribution in [1.82, 2.24) is 9.97 Å². The lowest BCUT2D eigenvalue weighted by atomic mass is 10.2. The Hall–Kier alpha value is -1.16. The van der Waals surface area contributed by atoms with Gasteiger partial charge in [-0.1, -0.05) is 0 Å². The van der Waals surface area contributed by atoms with E-state index in [1.165, 1.54) is 0 Å². The van der Waals surface area contributed by atoms with E-state index in [1.807, 2.05) is 6.07 Å². The van der Waals surface area contributed by atoms with Gasteiger partial charge in [0.05, 0.1) is 11.8 Å². The highest BCUT2D eigenvalue weighted by molar-refractivity contribution is 5.36. The Kier molecular flexibility index (Phi) is 3.16. The summed E-state index contributed by atoms with van der Waals surface area (Å²) in [6, 6.07) is 2.37. The van der Waals surface area contributed by atoms with Crippen LogP contribution < -0.4 is 5.32 Å². The van der Waals surface area contributed by atoms with Crippen LogP contribution in [0.1, 0.15) is 38.5 Å². The molecule has 4 nitrogen and oxygen atoms in total. The molecule has 15 heavy (non-hydrogen) atoms. The Morgan fingerprint density at radius 1 is 1.47 bits per heavy atom. The van der Waals surface area contributed by atoms with Crippen molar-refractivity contribution in [2.75, 3.05) is 11.9 Å². The number of hydrogen-bond acceptors (Lipinski definition) is 4. The average Bonchev–Trinajstić information content (AvgIpc) is 2.69. The molecule has 4 heteroatoms. The summed E-state index contributed by atoms with van der Waals surface area (Å²) >= 11 is 0. The highest BCUT2D eigenvalue weighted by atomic mass is 16.5. The largest absolute Gasteiger partial charge is 0.372 e. The van der Waals surface area contributed by atoms with Crippen molar-refractivity contribution < 1.29 is 4.74 Å². The second kappa shape index (κ2) is 4.57. The third-order valence-electron chi connectivity index (χ3n) is 2.38. The Balaban J connectivity index is 2.11. The SMILES string of the molecule is CC(C)Nc1cc(C2CCCO2)ncn1. The second-order valence-electron chi connectivity index (χ2n) is 4.13. The molecular formula is C11H17N3O. The van der Waals surface area contributed by atoms with Crippen LogP contribution in [0.15, 0.2) is 12.4 Å². The van der Waals surface area contributed by atoms with Gasteiger partial charge in [-0.05, 0) is 26.7 Å². The fourth-order valence-electron chi connectivity index (χ4n) is 1.73. The van der Waals surface area contributed by atoms with Crippen LogP contribution in [-0.2, 0) is 4.74 Å². The number of nitrogens with zero attached hydrogens (tertiary/aromatic N) is 2. The molecule has 0 aromatic carbocycles. The number of hydrogen-bond donors (Lipinski definition) is 1. The van der Waals surface area contributed by atoms with Crippen molar-refractivity contribution in [2.45, 2.75) is 38.8 Å². The minimum atomic E-state index is 0.167. The Labute approximate surface area is 90.1 Å². The molecule has 1 aliphatic heterocycles. The van der Waals surface area contributed by atoms with Crippen molar-refractivity contribution in [3.63, 3.8) is 0 Å². The molecule has 1 unspecified atom stereocenters. The van der Waals surface area contributed by atoms with Crippen LogP contribution in [0.2, 0.25) is 0 Å². The first-order valence-corrected chi connectivity index (χ1v) is 5.46. The predicted octanol–water partition coefficient (Wildman–Crippen LogP) is 2.15. The molecule has 1 aliphatic rings. The van der Waals surface area contributed by atoms with Gasteiger partial charge < -0.3 is 10.1 Å². The molecule has 1 fully saturated rings. The van der Waals surface area contributed by atoms with Gasteiger partial charge in [-0.2, -0.15) is 0 Å². The van der Waals surface area contributed by atoms with E-state index in [2.05, 4.69) is 29.1 Å². The Bertz CT molecular complexity index is 321. The minimum absolute atomic E-state index is 0.167. The second-order valence-corrected chi connectivity index (χ2v) is 4.13. The fraction of sp³-hybridized carbons (Fsp3) is 0.636. The van der Waals surface area contributed by atoms with Gasteiger partial charge in [-0.25, -0.2) is 9.97 Å². The van der Waals surface area contributed by atoms with E-state index in [0.717, 1.165) is 31.0 Å². The van der Waals surface area contributed by atoms with Crippen LogP contribution in [0.3, 0.4) is 0 Å². The van der Waals surface area contributed by atoms with Gasteiger partial charge in [0.1, 0.15) is 12.1 Å². The van der Waals surface area contributed by atoms with Gasteiger partial charge in [-0.15, -0.1) is 0 Å². The molecule has 0 bridgehead atoms. The molecule has 1 saturated heterocycles. The molecule has 2 heterocycles. The molecule has 82 valence electrons. The lowest BCUT2D eigenvalue weighted by Gasteiger charge is -2.12. The maximum absolute atomic E-state index is 5.58. The average molecular weight is 207 g/mol. The zero-order valence-electron chi connectivity index (χ0n) is 9.23.